The van der Waals surface area contributed by atoms with E-state index < -0.39 is 11.9 Å². The Morgan fingerprint density at radius 3 is 2.68 bits per heavy atom. The van der Waals surface area contributed by atoms with Crippen LogP contribution in [0, 0.1) is 5.82 Å². The van der Waals surface area contributed by atoms with Crippen molar-refractivity contribution in [1.29, 1.82) is 0 Å². The van der Waals surface area contributed by atoms with Gasteiger partial charge in [0.25, 0.3) is 5.91 Å². The van der Waals surface area contributed by atoms with E-state index in [1.807, 2.05) is 6.07 Å². The van der Waals surface area contributed by atoms with Gasteiger partial charge in [-0.1, -0.05) is 0 Å². The highest BCUT2D eigenvalue weighted by Crippen LogP contribution is 2.39. The smallest absolute Gasteiger partial charge is 0.341 e. The first-order valence-electron chi connectivity index (χ1n) is 10.9. The first-order chi connectivity index (χ1) is 16.5. The van der Waals surface area contributed by atoms with Crippen molar-refractivity contribution in [3.63, 3.8) is 0 Å². The van der Waals surface area contributed by atoms with Gasteiger partial charge in [-0.25, -0.2) is 13.9 Å². The molecule has 0 saturated carbocycles. The molecule has 1 N–H and O–H groups in total. The topological polar surface area (TPSA) is 86.1 Å². The third kappa shape index (κ3) is 4.10. The SMILES string of the molecule is COC(=O)c1c(NC(=O)c2cc(-c3cccnc3)n(-c3ccc(F)cc3)n2)sc2c1CCCC2. The third-order valence-electron chi connectivity index (χ3n) is 5.76. The Hall–Kier alpha value is -3.85. The van der Waals surface area contributed by atoms with Crippen molar-refractivity contribution in [3.05, 3.63) is 82.4 Å². The summed E-state index contributed by atoms with van der Waals surface area (Å²) in [4.78, 5) is 31.0. The maximum Gasteiger partial charge on any atom is 0.341 e. The van der Waals surface area contributed by atoms with Crippen LogP contribution in [-0.4, -0.2) is 33.8 Å². The molecule has 0 spiro atoms. The minimum atomic E-state index is -0.456. The molecule has 0 aliphatic heterocycles. The number of fused-ring (bicyclic) bond motifs is 1. The van der Waals surface area contributed by atoms with Crippen molar-refractivity contribution >= 4 is 28.2 Å². The van der Waals surface area contributed by atoms with E-state index >= 15 is 0 Å². The lowest BCUT2D eigenvalue weighted by molar-refractivity contribution is 0.0601. The highest BCUT2D eigenvalue weighted by atomic mass is 32.1. The molecule has 7 nitrogen and oxygen atoms in total. The number of pyridine rings is 1. The van der Waals surface area contributed by atoms with Crippen molar-refractivity contribution in [2.24, 2.45) is 0 Å². The maximum atomic E-state index is 13.5. The lowest BCUT2D eigenvalue weighted by Crippen LogP contribution is -2.16. The van der Waals surface area contributed by atoms with Crippen LogP contribution in [0.15, 0.2) is 54.9 Å². The second-order valence-electron chi connectivity index (χ2n) is 7.91. The van der Waals surface area contributed by atoms with E-state index in [9.17, 15) is 14.0 Å². The second-order valence-corrected chi connectivity index (χ2v) is 9.01. The summed E-state index contributed by atoms with van der Waals surface area (Å²) in [5.41, 5.74) is 3.53. The number of carbonyl (C=O) groups excluding carboxylic acids is 2. The van der Waals surface area contributed by atoms with E-state index in [2.05, 4.69) is 15.4 Å². The number of hydrogen-bond acceptors (Lipinski definition) is 6. The number of methoxy groups -OCH3 is 1. The van der Waals surface area contributed by atoms with Gasteiger partial charge in [0, 0.05) is 22.8 Å². The number of amides is 1. The fraction of sp³-hybridized carbons (Fsp3) is 0.200. The van der Waals surface area contributed by atoms with E-state index in [0.29, 0.717) is 21.9 Å². The molecule has 1 aromatic carbocycles. The van der Waals surface area contributed by atoms with Crippen molar-refractivity contribution in [1.82, 2.24) is 14.8 Å². The number of nitrogens with one attached hydrogen (secondary N) is 1. The van der Waals surface area contributed by atoms with Crippen LogP contribution in [0.25, 0.3) is 16.9 Å². The molecule has 3 heterocycles. The summed E-state index contributed by atoms with van der Waals surface area (Å²) < 4.78 is 20.1. The minimum absolute atomic E-state index is 0.158. The molecule has 0 atom stereocenters. The van der Waals surface area contributed by atoms with Gasteiger partial charge in [0.2, 0.25) is 0 Å². The number of halogens is 1. The summed E-state index contributed by atoms with van der Waals surface area (Å²) in [6, 6.07) is 11.1. The standard InChI is InChI=1S/C25H21FN4O3S/c1-33-25(32)22-18-6-2-3-7-21(18)34-24(22)28-23(31)19-13-20(15-5-4-12-27-14-15)30(29-19)17-10-8-16(26)9-11-17/h4-5,8-14H,2-3,6-7H2,1H3,(H,28,31). The largest absolute Gasteiger partial charge is 0.465 e. The molecule has 4 aromatic rings. The second kappa shape index (κ2) is 9.18. The average molecular weight is 477 g/mol. The number of carbonyl (C=O) groups is 2. The van der Waals surface area contributed by atoms with E-state index in [1.165, 1.54) is 30.6 Å². The molecule has 34 heavy (non-hydrogen) atoms. The Bertz CT molecular complexity index is 1360. The van der Waals surface area contributed by atoms with E-state index in [-0.39, 0.29) is 11.5 Å². The predicted molar refractivity (Wildman–Crippen MR) is 127 cm³/mol. The molecule has 1 amide bonds. The van der Waals surface area contributed by atoms with Gasteiger partial charge in [-0.05, 0) is 73.7 Å². The zero-order chi connectivity index (χ0) is 23.7. The fourth-order valence-electron chi connectivity index (χ4n) is 4.13. The lowest BCUT2D eigenvalue weighted by atomic mass is 9.95. The Kier molecular flexibility index (Phi) is 5.93. The fourth-order valence-corrected chi connectivity index (χ4v) is 5.40. The molecular formula is C25H21FN4O3S. The molecule has 0 radical (unpaired) electrons. The summed E-state index contributed by atoms with van der Waals surface area (Å²) in [6.07, 6.45) is 7.04. The summed E-state index contributed by atoms with van der Waals surface area (Å²) in [7, 11) is 1.34. The number of ether oxygens (including phenoxy) is 1. The van der Waals surface area contributed by atoms with E-state index in [1.54, 1.807) is 41.3 Å². The number of thiophene rings is 1. The predicted octanol–water partition coefficient (Wildman–Crippen LogP) is 5.05. The Balaban J connectivity index is 1.54. The molecule has 1 aliphatic carbocycles. The molecule has 5 rings (SSSR count). The van der Waals surface area contributed by atoms with Gasteiger partial charge in [-0.3, -0.25) is 9.78 Å². The molecule has 0 saturated heterocycles. The number of aryl methyl sites for hydroxylation is 1. The van der Waals surface area contributed by atoms with Crippen LogP contribution >= 0.6 is 11.3 Å². The number of aromatic nitrogens is 3. The van der Waals surface area contributed by atoms with Crippen LogP contribution in [0.2, 0.25) is 0 Å². The molecule has 172 valence electrons. The van der Waals surface area contributed by atoms with Crippen molar-refractivity contribution < 1.29 is 18.7 Å². The van der Waals surface area contributed by atoms with Crippen LogP contribution in [0.1, 0.15) is 44.1 Å². The van der Waals surface area contributed by atoms with Gasteiger partial charge in [-0.15, -0.1) is 11.3 Å². The number of anilines is 1. The minimum Gasteiger partial charge on any atom is -0.465 e. The van der Waals surface area contributed by atoms with Crippen LogP contribution < -0.4 is 5.32 Å². The summed E-state index contributed by atoms with van der Waals surface area (Å²) in [6.45, 7) is 0. The van der Waals surface area contributed by atoms with Gasteiger partial charge in [-0.2, -0.15) is 5.10 Å². The normalized spacial score (nSPS) is 12.8. The maximum absolute atomic E-state index is 13.5. The zero-order valence-corrected chi connectivity index (χ0v) is 19.2. The number of benzene rings is 1. The van der Waals surface area contributed by atoms with Crippen LogP contribution in [-0.2, 0) is 17.6 Å². The number of hydrogen-bond donors (Lipinski definition) is 1. The first-order valence-corrected chi connectivity index (χ1v) is 11.7. The summed E-state index contributed by atoms with van der Waals surface area (Å²) in [5, 5.41) is 7.86. The quantitative estimate of drug-likeness (QED) is 0.407. The summed E-state index contributed by atoms with van der Waals surface area (Å²) >= 11 is 1.41. The van der Waals surface area contributed by atoms with Gasteiger partial charge < -0.3 is 10.1 Å². The molecule has 0 fully saturated rings. The molecule has 0 unspecified atom stereocenters. The number of nitrogens with zero attached hydrogens (tertiary/aromatic N) is 3. The van der Waals surface area contributed by atoms with Gasteiger partial charge in [0.05, 0.1) is 24.1 Å². The highest BCUT2D eigenvalue weighted by Gasteiger charge is 2.28. The lowest BCUT2D eigenvalue weighted by Gasteiger charge is -2.11. The summed E-state index contributed by atoms with van der Waals surface area (Å²) in [5.74, 6) is -1.27. The Morgan fingerprint density at radius 1 is 1.15 bits per heavy atom. The Morgan fingerprint density at radius 2 is 1.94 bits per heavy atom. The average Bonchev–Trinajstić information content (AvgIpc) is 3.46. The highest BCUT2D eigenvalue weighted by molar-refractivity contribution is 7.17. The molecule has 9 heteroatoms. The third-order valence-corrected chi connectivity index (χ3v) is 6.97. The number of esters is 1. The molecule has 1 aliphatic rings. The van der Waals surface area contributed by atoms with Gasteiger partial charge in [0.1, 0.15) is 10.8 Å². The van der Waals surface area contributed by atoms with E-state index in [0.717, 1.165) is 41.7 Å². The number of rotatable bonds is 5. The molecule has 3 aromatic heterocycles. The molecular weight excluding hydrogens is 455 g/mol. The van der Waals surface area contributed by atoms with Crippen molar-refractivity contribution in [2.45, 2.75) is 25.7 Å². The molecule has 0 bridgehead atoms. The Labute approximate surface area is 199 Å². The van der Waals surface area contributed by atoms with Crippen molar-refractivity contribution in [3.8, 4) is 16.9 Å². The van der Waals surface area contributed by atoms with Gasteiger partial charge >= 0.3 is 5.97 Å². The van der Waals surface area contributed by atoms with Crippen LogP contribution in [0.4, 0.5) is 9.39 Å². The zero-order valence-electron chi connectivity index (χ0n) is 18.4. The first kappa shape index (κ1) is 22.0. The van der Waals surface area contributed by atoms with E-state index in [4.69, 9.17) is 4.74 Å². The van der Waals surface area contributed by atoms with Gasteiger partial charge in [0.15, 0.2) is 5.69 Å². The monoisotopic (exact) mass is 476 g/mol. The van der Waals surface area contributed by atoms with Crippen LogP contribution in [0.5, 0.6) is 0 Å². The van der Waals surface area contributed by atoms with Crippen molar-refractivity contribution in [2.75, 3.05) is 12.4 Å². The van der Waals surface area contributed by atoms with Crippen LogP contribution in [0.3, 0.4) is 0 Å².